The molecule has 2 amide bonds. The smallest absolute Gasteiger partial charge is 0.243 e. The summed E-state index contributed by atoms with van der Waals surface area (Å²) < 4.78 is 10.3. The lowest BCUT2D eigenvalue weighted by molar-refractivity contribution is -0.141. The van der Waals surface area contributed by atoms with Gasteiger partial charge in [0.25, 0.3) is 0 Å². The largest absolute Gasteiger partial charge is 0.497 e. The van der Waals surface area contributed by atoms with Gasteiger partial charge in [-0.1, -0.05) is 49.4 Å². The van der Waals surface area contributed by atoms with Crippen molar-refractivity contribution in [2.24, 2.45) is 0 Å². The predicted octanol–water partition coefficient (Wildman–Crippen LogP) is 3.20. The lowest BCUT2D eigenvalue weighted by Gasteiger charge is -2.31. The van der Waals surface area contributed by atoms with E-state index in [1.165, 1.54) is 0 Å². The van der Waals surface area contributed by atoms with Gasteiger partial charge >= 0.3 is 0 Å². The molecule has 0 heterocycles. The Morgan fingerprint density at radius 1 is 1.00 bits per heavy atom. The van der Waals surface area contributed by atoms with Crippen molar-refractivity contribution in [1.82, 2.24) is 10.2 Å². The molecule has 2 aromatic carbocycles. The number of nitrogens with one attached hydrogen (secondary N) is 1. The number of amides is 2. The second kappa shape index (κ2) is 12.6. The molecule has 2 aromatic rings. The zero-order chi connectivity index (χ0) is 21.8. The minimum absolute atomic E-state index is 0.0314. The van der Waals surface area contributed by atoms with Gasteiger partial charge in [-0.25, -0.2) is 0 Å². The first-order chi connectivity index (χ1) is 14.6. The molecule has 0 aliphatic carbocycles. The summed E-state index contributed by atoms with van der Waals surface area (Å²) >= 11 is 0. The highest BCUT2D eigenvalue weighted by molar-refractivity contribution is 5.88. The van der Waals surface area contributed by atoms with Crippen LogP contribution in [-0.4, -0.2) is 50.1 Å². The van der Waals surface area contributed by atoms with Gasteiger partial charge in [-0.15, -0.1) is 0 Å². The lowest BCUT2D eigenvalue weighted by Crippen LogP contribution is -2.51. The third-order valence-electron chi connectivity index (χ3n) is 4.85. The second-order valence-corrected chi connectivity index (χ2v) is 7.11. The van der Waals surface area contributed by atoms with E-state index in [-0.39, 0.29) is 11.8 Å². The van der Waals surface area contributed by atoms with Gasteiger partial charge in [0.1, 0.15) is 11.8 Å². The lowest BCUT2D eigenvalue weighted by atomic mass is 10.0. The summed E-state index contributed by atoms with van der Waals surface area (Å²) in [7, 11) is 3.21. The maximum atomic E-state index is 13.1. The molecule has 1 N–H and O–H groups in total. The van der Waals surface area contributed by atoms with E-state index in [0.29, 0.717) is 32.5 Å². The molecular formula is C24H32N2O4. The molecule has 0 unspecified atom stereocenters. The Hall–Kier alpha value is -2.86. The maximum absolute atomic E-state index is 13.1. The van der Waals surface area contributed by atoms with Gasteiger partial charge in [0.2, 0.25) is 11.8 Å². The number of methoxy groups -OCH3 is 2. The third-order valence-corrected chi connectivity index (χ3v) is 4.85. The van der Waals surface area contributed by atoms with Gasteiger partial charge in [-0.2, -0.15) is 0 Å². The highest BCUT2D eigenvalue weighted by Crippen LogP contribution is 2.18. The number of nitrogens with zero attached hydrogens (tertiary/aromatic N) is 1. The van der Waals surface area contributed by atoms with Crippen LogP contribution in [-0.2, 0) is 27.3 Å². The molecule has 30 heavy (non-hydrogen) atoms. The zero-order valence-corrected chi connectivity index (χ0v) is 18.1. The molecule has 2 rings (SSSR count). The fourth-order valence-corrected chi connectivity index (χ4v) is 3.23. The van der Waals surface area contributed by atoms with Crippen molar-refractivity contribution in [2.75, 3.05) is 27.4 Å². The maximum Gasteiger partial charge on any atom is 0.243 e. The molecular weight excluding hydrogens is 380 g/mol. The number of ether oxygens (including phenoxy) is 2. The summed E-state index contributed by atoms with van der Waals surface area (Å²) in [4.78, 5) is 27.8. The van der Waals surface area contributed by atoms with Crippen molar-refractivity contribution in [1.29, 1.82) is 0 Å². The van der Waals surface area contributed by atoms with E-state index < -0.39 is 6.04 Å². The molecule has 6 nitrogen and oxygen atoms in total. The Balaban J connectivity index is 2.30. The molecule has 0 aliphatic heterocycles. The van der Waals surface area contributed by atoms with Crippen molar-refractivity contribution in [3.05, 3.63) is 65.7 Å². The minimum atomic E-state index is -0.606. The summed E-state index contributed by atoms with van der Waals surface area (Å²) in [6.07, 6.45) is 1.57. The summed E-state index contributed by atoms with van der Waals surface area (Å²) in [6, 6.07) is 16.7. The standard InChI is InChI=1S/C24H32N2O4/c1-4-8-23(27)26(18-20-11-13-21(30-3)14-12-20)22(24(28)25-15-16-29-2)17-19-9-6-5-7-10-19/h5-7,9-14,22H,4,8,15-18H2,1-3H3,(H,25,28)/t22-/m0/s1. The van der Waals surface area contributed by atoms with Crippen molar-refractivity contribution < 1.29 is 19.1 Å². The molecule has 0 spiro atoms. The number of hydrogen-bond donors (Lipinski definition) is 1. The molecule has 0 saturated carbocycles. The zero-order valence-electron chi connectivity index (χ0n) is 18.1. The van der Waals surface area contributed by atoms with E-state index in [1.807, 2.05) is 61.5 Å². The fraction of sp³-hybridized carbons (Fsp3) is 0.417. The van der Waals surface area contributed by atoms with Crippen LogP contribution in [0.5, 0.6) is 5.75 Å². The van der Waals surface area contributed by atoms with Gasteiger partial charge in [0.15, 0.2) is 0 Å². The Morgan fingerprint density at radius 2 is 1.70 bits per heavy atom. The topological polar surface area (TPSA) is 67.9 Å². The first-order valence-corrected chi connectivity index (χ1v) is 10.3. The summed E-state index contributed by atoms with van der Waals surface area (Å²) in [5.41, 5.74) is 1.96. The number of hydrogen-bond acceptors (Lipinski definition) is 4. The van der Waals surface area contributed by atoms with Gasteiger partial charge in [-0.05, 0) is 29.7 Å². The van der Waals surface area contributed by atoms with Crippen LogP contribution in [0.4, 0.5) is 0 Å². The monoisotopic (exact) mass is 412 g/mol. The Kier molecular flexibility index (Phi) is 9.87. The van der Waals surface area contributed by atoms with Gasteiger partial charge in [0.05, 0.1) is 13.7 Å². The minimum Gasteiger partial charge on any atom is -0.497 e. The summed E-state index contributed by atoms with van der Waals surface area (Å²) in [5, 5.41) is 2.91. The van der Waals surface area contributed by atoms with E-state index in [2.05, 4.69) is 5.32 Å². The van der Waals surface area contributed by atoms with Crippen molar-refractivity contribution in [3.8, 4) is 5.75 Å². The van der Waals surface area contributed by atoms with E-state index in [1.54, 1.807) is 19.1 Å². The van der Waals surface area contributed by atoms with Gasteiger partial charge in [-0.3, -0.25) is 9.59 Å². The van der Waals surface area contributed by atoms with Crippen LogP contribution >= 0.6 is 0 Å². The molecule has 6 heteroatoms. The first kappa shape index (κ1) is 23.4. The predicted molar refractivity (Wildman–Crippen MR) is 117 cm³/mol. The van der Waals surface area contributed by atoms with Crippen molar-refractivity contribution in [3.63, 3.8) is 0 Å². The quantitative estimate of drug-likeness (QED) is 0.544. The molecule has 0 fully saturated rings. The van der Waals surface area contributed by atoms with E-state index in [9.17, 15) is 9.59 Å². The van der Waals surface area contributed by atoms with Crippen LogP contribution < -0.4 is 10.1 Å². The van der Waals surface area contributed by atoms with Crippen LogP contribution in [0.3, 0.4) is 0 Å². The molecule has 1 atom stereocenters. The molecule has 0 radical (unpaired) electrons. The van der Waals surface area contributed by atoms with Crippen LogP contribution in [0.2, 0.25) is 0 Å². The van der Waals surface area contributed by atoms with Crippen molar-refractivity contribution in [2.45, 2.75) is 38.8 Å². The van der Waals surface area contributed by atoms with Gasteiger partial charge in [0, 0.05) is 33.0 Å². The van der Waals surface area contributed by atoms with Gasteiger partial charge < -0.3 is 19.7 Å². The average Bonchev–Trinajstić information content (AvgIpc) is 2.77. The van der Waals surface area contributed by atoms with Crippen LogP contribution in [0.1, 0.15) is 30.9 Å². The van der Waals surface area contributed by atoms with Crippen molar-refractivity contribution >= 4 is 11.8 Å². The third kappa shape index (κ3) is 7.19. The summed E-state index contributed by atoms with van der Waals surface area (Å²) in [5.74, 6) is 0.549. The highest BCUT2D eigenvalue weighted by atomic mass is 16.5. The Bertz CT molecular complexity index is 778. The number of carbonyl (C=O) groups is 2. The molecule has 162 valence electrons. The molecule has 0 bridgehead atoms. The van der Waals surface area contributed by atoms with E-state index in [0.717, 1.165) is 23.3 Å². The second-order valence-electron chi connectivity index (χ2n) is 7.11. The molecule has 0 aromatic heterocycles. The number of benzene rings is 2. The average molecular weight is 413 g/mol. The molecule has 0 aliphatic rings. The normalized spacial score (nSPS) is 11.6. The van der Waals surface area contributed by atoms with Crippen LogP contribution in [0.25, 0.3) is 0 Å². The number of rotatable bonds is 12. The highest BCUT2D eigenvalue weighted by Gasteiger charge is 2.29. The number of carbonyl (C=O) groups excluding carboxylic acids is 2. The van der Waals surface area contributed by atoms with Crippen LogP contribution in [0.15, 0.2) is 54.6 Å². The SMILES string of the molecule is CCCC(=O)N(Cc1ccc(OC)cc1)[C@@H](Cc1ccccc1)C(=O)NCCOC. The summed E-state index contributed by atoms with van der Waals surface area (Å²) in [6.45, 7) is 3.15. The molecule has 0 saturated heterocycles. The van der Waals surface area contributed by atoms with E-state index in [4.69, 9.17) is 9.47 Å². The van der Waals surface area contributed by atoms with E-state index >= 15 is 0 Å². The Labute approximate surface area is 179 Å². The fourth-order valence-electron chi connectivity index (χ4n) is 3.23. The Morgan fingerprint density at radius 3 is 2.30 bits per heavy atom. The first-order valence-electron chi connectivity index (χ1n) is 10.3. The van der Waals surface area contributed by atoms with Crippen LogP contribution in [0, 0.1) is 0 Å².